The van der Waals surface area contributed by atoms with Crippen molar-refractivity contribution in [2.75, 3.05) is 29.5 Å². The maximum Gasteiger partial charge on any atom is 0.239 e. The van der Waals surface area contributed by atoms with Crippen LogP contribution >= 0.6 is 15.9 Å². The number of hydrogen-bond donors (Lipinski definition) is 1. The minimum atomic E-state index is -3.02. The Balaban J connectivity index is 1.65. The number of anilines is 1. The van der Waals surface area contributed by atoms with Crippen molar-refractivity contribution in [3.63, 3.8) is 0 Å². The van der Waals surface area contributed by atoms with Crippen LogP contribution in [-0.2, 0) is 21.1 Å². The number of hydrogen-bond acceptors (Lipinski definition) is 4. The highest BCUT2D eigenvalue weighted by Crippen LogP contribution is 2.33. The molecule has 2 aliphatic rings. The summed E-state index contributed by atoms with van der Waals surface area (Å²) in [5, 5.41) is 2.73. The Labute approximate surface area is 136 Å². The summed E-state index contributed by atoms with van der Waals surface area (Å²) in [6.07, 6.45) is 1.14. The van der Waals surface area contributed by atoms with Crippen LogP contribution in [0.5, 0.6) is 0 Å². The average molecular weight is 391 g/mol. The molecule has 120 valence electrons. The zero-order chi connectivity index (χ0) is 15.9. The van der Waals surface area contributed by atoms with E-state index in [0.717, 1.165) is 5.56 Å². The van der Waals surface area contributed by atoms with Crippen molar-refractivity contribution in [3.8, 4) is 0 Å². The van der Waals surface area contributed by atoms with Crippen LogP contribution in [-0.4, -0.2) is 45.0 Å². The summed E-state index contributed by atoms with van der Waals surface area (Å²) in [5.41, 5.74) is 1.35. The number of halogens is 2. The lowest BCUT2D eigenvalue weighted by atomic mass is 10.1. The molecule has 5 nitrogen and oxygen atoms in total. The van der Waals surface area contributed by atoms with Gasteiger partial charge in [-0.15, -0.1) is 0 Å². The third-order valence-corrected chi connectivity index (χ3v) is 6.23. The molecule has 1 saturated heterocycles. The van der Waals surface area contributed by atoms with E-state index in [4.69, 9.17) is 0 Å². The fraction of sp³-hybridized carbons (Fsp3) is 0.500. The number of nitrogens with one attached hydrogen (secondary N) is 1. The third-order valence-electron chi connectivity index (χ3n) is 4.01. The first-order chi connectivity index (χ1) is 10.3. The first-order valence-corrected chi connectivity index (χ1v) is 9.68. The SMILES string of the molecule is O=C(CN1CCc2cc(Br)cc(F)c21)NC1CCS(=O)(=O)C1. The standard InChI is InChI=1S/C14H16BrFN2O3S/c15-10-5-9-1-3-18(14(9)12(16)6-10)7-13(19)17-11-2-4-22(20,21)8-11/h5-6,11H,1-4,7-8H2,(H,17,19). The Morgan fingerprint density at radius 3 is 2.91 bits per heavy atom. The van der Waals surface area contributed by atoms with Gasteiger partial charge in [-0.1, -0.05) is 15.9 Å². The van der Waals surface area contributed by atoms with E-state index in [0.29, 0.717) is 29.5 Å². The van der Waals surface area contributed by atoms with Gasteiger partial charge in [-0.05, 0) is 30.5 Å². The Kier molecular flexibility index (Phi) is 4.15. The first kappa shape index (κ1) is 15.7. The van der Waals surface area contributed by atoms with Crippen LogP contribution in [0.3, 0.4) is 0 Å². The molecule has 8 heteroatoms. The molecule has 22 heavy (non-hydrogen) atoms. The first-order valence-electron chi connectivity index (χ1n) is 7.07. The molecule has 0 aromatic heterocycles. The van der Waals surface area contributed by atoms with Crippen LogP contribution in [0.4, 0.5) is 10.1 Å². The van der Waals surface area contributed by atoms with Crippen molar-refractivity contribution in [1.29, 1.82) is 0 Å². The molecule has 0 saturated carbocycles. The molecule has 0 spiro atoms. The lowest BCUT2D eigenvalue weighted by Crippen LogP contribution is -2.42. The van der Waals surface area contributed by atoms with Crippen molar-refractivity contribution in [3.05, 3.63) is 28.0 Å². The number of sulfone groups is 1. The molecule has 2 heterocycles. The average Bonchev–Trinajstić information content (AvgIpc) is 2.93. The van der Waals surface area contributed by atoms with Crippen molar-refractivity contribution in [2.45, 2.75) is 18.9 Å². The normalized spacial score (nSPS) is 22.6. The zero-order valence-corrected chi connectivity index (χ0v) is 14.2. The minimum absolute atomic E-state index is 0.00334. The monoisotopic (exact) mass is 390 g/mol. The van der Waals surface area contributed by atoms with Gasteiger partial charge in [0.2, 0.25) is 5.91 Å². The zero-order valence-electron chi connectivity index (χ0n) is 11.8. The highest BCUT2D eigenvalue weighted by molar-refractivity contribution is 9.10. The molecule has 2 aliphatic heterocycles. The van der Waals surface area contributed by atoms with E-state index in [2.05, 4.69) is 21.2 Å². The van der Waals surface area contributed by atoms with E-state index in [9.17, 15) is 17.6 Å². The lowest BCUT2D eigenvalue weighted by Gasteiger charge is -2.20. The summed E-state index contributed by atoms with van der Waals surface area (Å²) in [7, 11) is -3.02. The second-order valence-corrected chi connectivity index (χ2v) is 8.88. The largest absolute Gasteiger partial charge is 0.359 e. The van der Waals surface area contributed by atoms with Crippen LogP contribution in [0.15, 0.2) is 16.6 Å². The number of amides is 1. The summed E-state index contributed by atoms with van der Waals surface area (Å²) in [4.78, 5) is 13.8. The van der Waals surface area contributed by atoms with Gasteiger partial charge in [0.25, 0.3) is 0 Å². The van der Waals surface area contributed by atoms with Crippen LogP contribution < -0.4 is 10.2 Å². The van der Waals surface area contributed by atoms with Crippen LogP contribution in [0.25, 0.3) is 0 Å². The fourth-order valence-corrected chi connectivity index (χ4v) is 5.20. The number of benzene rings is 1. The molecule has 0 bridgehead atoms. The second kappa shape index (κ2) is 5.81. The van der Waals surface area contributed by atoms with Gasteiger partial charge in [0.05, 0.1) is 23.7 Å². The molecule has 1 aromatic carbocycles. The number of nitrogens with zero attached hydrogens (tertiary/aromatic N) is 1. The van der Waals surface area contributed by atoms with Gasteiger partial charge in [0, 0.05) is 17.1 Å². The molecule has 0 aliphatic carbocycles. The van der Waals surface area contributed by atoms with Crippen LogP contribution in [0.2, 0.25) is 0 Å². The predicted molar refractivity (Wildman–Crippen MR) is 85.2 cm³/mol. The van der Waals surface area contributed by atoms with Gasteiger partial charge in [0.15, 0.2) is 9.84 Å². The maximum atomic E-state index is 14.1. The fourth-order valence-electron chi connectivity index (χ4n) is 3.04. The summed E-state index contributed by atoms with van der Waals surface area (Å²) < 4.78 is 37.5. The molecule has 3 rings (SSSR count). The van der Waals surface area contributed by atoms with E-state index in [-0.39, 0.29) is 35.8 Å². The number of fused-ring (bicyclic) bond motifs is 1. The van der Waals surface area contributed by atoms with Gasteiger partial charge in [-0.2, -0.15) is 0 Å². The Hall–Kier alpha value is -1.15. The van der Waals surface area contributed by atoms with Crippen LogP contribution in [0, 0.1) is 5.82 Å². The Bertz CT molecular complexity index is 723. The molecule has 1 amide bonds. The third kappa shape index (κ3) is 3.27. The summed E-state index contributed by atoms with van der Waals surface area (Å²) in [6, 6.07) is 2.92. The van der Waals surface area contributed by atoms with Crippen molar-refractivity contribution in [2.24, 2.45) is 0 Å². The Morgan fingerprint density at radius 2 is 2.23 bits per heavy atom. The predicted octanol–water partition coefficient (Wildman–Crippen LogP) is 1.25. The highest BCUT2D eigenvalue weighted by atomic mass is 79.9. The second-order valence-electron chi connectivity index (χ2n) is 5.73. The molecule has 1 fully saturated rings. The Morgan fingerprint density at radius 1 is 1.45 bits per heavy atom. The van der Waals surface area contributed by atoms with E-state index < -0.39 is 9.84 Å². The molecule has 1 unspecified atom stereocenters. The minimum Gasteiger partial charge on any atom is -0.359 e. The van der Waals surface area contributed by atoms with E-state index >= 15 is 0 Å². The number of rotatable bonds is 3. The molecule has 1 aromatic rings. The van der Waals surface area contributed by atoms with Crippen molar-refractivity contribution < 1.29 is 17.6 Å². The molecular formula is C14H16BrFN2O3S. The quantitative estimate of drug-likeness (QED) is 0.843. The van der Waals surface area contributed by atoms with Crippen LogP contribution in [0.1, 0.15) is 12.0 Å². The van der Waals surface area contributed by atoms with Gasteiger partial charge in [-0.3, -0.25) is 4.79 Å². The summed E-state index contributed by atoms with van der Waals surface area (Å²) in [6.45, 7) is 0.626. The van der Waals surface area contributed by atoms with Gasteiger partial charge in [-0.25, -0.2) is 12.8 Å². The molecule has 1 N–H and O–H groups in total. The smallest absolute Gasteiger partial charge is 0.239 e. The number of carbonyl (C=O) groups is 1. The van der Waals surface area contributed by atoms with Gasteiger partial charge < -0.3 is 10.2 Å². The lowest BCUT2D eigenvalue weighted by molar-refractivity contribution is -0.120. The number of carbonyl (C=O) groups excluding carboxylic acids is 1. The summed E-state index contributed by atoms with van der Waals surface area (Å²) in [5.74, 6) is -0.501. The highest BCUT2D eigenvalue weighted by Gasteiger charge is 2.30. The van der Waals surface area contributed by atoms with Gasteiger partial charge >= 0.3 is 0 Å². The van der Waals surface area contributed by atoms with Crippen molar-refractivity contribution >= 4 is 37.4 Å². The maximum absolute atomic E-state index is 14.1. The molecule has 1 atom stereocenters. The van der Waals surface area contributed by atoms with Crippen molar-refractivity contribution in [1.82, 2.24) is 5.32 Å². The van der Waals surface area contributed by atoms with E-state index in [1.807, 2.05) is 6.07 Å². The molecule has 0 radical (unpaired) electrons. The summed E-state index contributed by atoms with van der Waals surface area (Å²) >= 11 is 3.26. The van der Waals surface area contributed by atoms with Gasteiger partial charge in [0.1, 0.15) is 5.82 Å². The van der Waals surface area contributed by atoms with E-state index in [1.165, 1.54) is 6.07 Å². The van der Waals surface area contributed by atoms with E-state index in [1.54, 1.807) is 4.90 Å². The topological polar surface area (TPSA) is 66.5 Å². The molecular weight excluding hydrogens is 375 g/mol.